The van der Waals surface area contributed by atoms with Crippen molar-refractivity contribution in [1.82, 2.24) is 0 Å². The highest BCUT2D eigenvalue weighted by Gasteiger charge is 1.90. The van der Waals surface area contributed by atoms with Gasteiger partial charge in [0.15, 0.2) is 0 Å². The van der Waals surface area contributed by atoms with E-state index >= 15 is 0 Å². The van der Waals surface area contributed by atoms with Gasteiger partial charge in [0.1, 0.15) is 11.5 Å². The number of hydrogen-bond acceptors (Lipinski definition) is 6. The molecule has 6 nitrogen and oxygen atoms in total. The first-order valence-electron chi connectivity index (χ1n) is 5.80. The predicted molar refractivity (Wildman–Crippen MR) is 91.4 cm³/mol. The molecular formula is C12H28O6S3. The minimum Gasteiger partial charge on any atom is -0.726 e. The standard InChI is InChI=1S/2C4H11S.C3H4O2.CH4O4S/c2*1-4-5(2)3;1-2-3(4)5;1-5-6(2,3)4/h2*4H2,1-3H3;2H,1H2,(H,4,5);1H3,(H,2,3,4)/q2*+1;;/p-2. The molecule has 130 valence electrons. The summed E-state index contributed by atoms with van der Waals surface area (Å²) in [6, 6.07) is 0. The predicted octanol–water partition coefficient (Wildman–Crippen LogP) is -0.216. The van der Waals surface area contributed by atoms with Crippen molar-refractivity contribution in [3.63, 3.8) is 0 Å². The number of aliphatic carboxylic acids is 1. The van der Waals surface area contributed by atoms with Gasteiger partial charge in [0, 0.05) is 0 Å². The molecule has 0 saturated carbocycles. The summed E-state index contributed by atoms with van der Waals surface area (Å²) < 4.78 is 31.0. The van der Waals surface area contributed by atoms with Crippen LogP contribution in [0.4, 0.5) is 0 Å². The molecule has 0 aromatic rings. The SMILES string of the molecule is C=CC(=O)[O-].CC[S+](C)C.CC[S+](C)C.COS(=O)(=O)[O-]. The molecule has 0 atom stereocenters. The number of carbonyl (C=O) groups excluding carboxylic acids is 1. The Kier molecular flexibility index (Phi) is 27.2. The van der Waals surface area contributed by atoms with Crippen molar-refractivity contribution < 1.29 is 27.1 Å². The van der Waals surface area contributed by atoms with Crippen molar-refractivity contribution in [3.8, 4) is 0 Å². The summed E-state index contributed by atoms with van der Waals surface area (Å²) in [5.74, 6) is 1.44. The Balaban J connectivity index is -0.0000000921. The molecule has 0 aliphatic heterocycles. The summed E-state index contributed by atoms with van der Waals surface area (Å²) in [6.45, 7) is 7.32. The Hall–Kier alpha value is -0.220. The maximum Gasteiger partial charge on any atom is 0.217 e. The molecule has 0 radical (unpaired) electrons. The van der Waals surface area contributed by atoms with E-state index in [4.69, 9.17) is 9.90 Å². The maximum atomic E-state index is 9.22. The van der Waals surface area contributed by atoms with E-state index in [0.29, 0.717) is 21.8 Å². The summed E-state index contributed by atoms with van der Waals surface area (Å²) >= 11 is 0. The van der Waals surface area contributed by atoms with Crippen LogP contribution < -0.4 is 5.11 Å². The minimum absolute atomic E-state index is 0.677. The van der Waals surface area contributed by atoms with Crippen molar-refractivity contribution >= 4 is 38.2 Å². The maximum absolute atomic E-state index is 9.22. The summed E-state index contributed by atoms with van der Waals surface area (Å²) in [5, 5.41) is 9.14. The van der Waals surface area contributed by atoms with Gasteiger partial charge in [0.25, 0.3) is 0 Å². The molecule has 0 amide bonds. The number of carboxylic acid groups (broad SMARTS) is 1. The summed E-state index contributed by atoms with van der Waals surface area (Å²) in [6.07, 6.45) is 9.72. The smallest absolute Gasteiger partial charge is 0.217 e. The Morgan fingerprint density at radius 1 is 1.14 bits per heavy atom. The second kappa shape index (κ2) is 19.8. The highest BCUT2D eigenvalue weighted by atomic mass is 32.3. The van der Waals surface area contributed by atoms with Crippen molar-refractivity contribution in [2.75, 3.05) is 43.6 Å². The molecule has 0 aromatic heterocycles. The van der Waals surface area contributed by atoms with Gasteiger partial charge < -0.3 is 14.5 Å². The van der Waals surface area contributed by atoms with Crippen LogP contribution in [-0.4, -0.2) is 62.6 Å². The number of rotatable bonds is 4. The summed E-state index contributed by atoms with van der Waals surface area (Å²) in [5.41, 5.74) is 0. The Morgan fingerprint density at radius 3 is 1.29 bits per heavy atom. The van der Waals surface area contributed by atoms with E-state index in [0.717, 1.165) is 13.2 Å². The first kappa shape index (κ1) is 28.9. The Labute approximate surface area is 135 Å². The third-order valence-corrected chi connectivity index (χ3v) is 4.24. The van der Waals surface area contributed by atoms with Crippen LogP contribution >= 0.6 is 0 Å². The van der Waals surface area contributed by atoms with Gasteiger partial charge in [0.05, 0.1) is 38.1 Å². The zero-order valence-electron chi connectivity index (χ0n) is 13.9. The van der Waals surface area contributed by atoms with E-state index in [9.17, 15) is 13.0 Å². The third-order valence-electron chi connectivity index (χ3n) is 1.53. The lowest BCUT2D eigenvalue weighted by molar-refractivity contribution is -0.297. The summed E-state index contributed by atoms with van der Waals surface area (Å²) in [4.78, 5) is 9.14. The van der Waals surface area contributed by atoms with E-state index < -0.39 is 16.4 Å². The van der Waals surface area contributed by atoms with Crippen LogP contribution in [0.2, 0.25) is 0 Å². The Morgan fingerprint density at radius 2 is 1.29 bits per heavy atom. The average molecular weight is 365 g/mol. The van der Waals surface area contributed by atoms with Crippen molar-refractivity contribution in [2.24, 2.45) is 0 Å². The monoisotopic (exact) mass is 364 g/mol. The van der Waals surface area contributed by atoms with Gasteiger partial charge in [-0.15, -0.1) is 0 Å². The molecular weight excluding hydrogens is 336 g/mol. The molecule has 9 heteroatoms. The first-order chi connectivity index (χ1) is 9.37. The second-order valence-corrected chi connectivity index (χ2v) is 9.89. The molecule has 0 saturated heterocycles. The van der Waals surface area contributed by atoms with Gasteiger partial charge >= 0.3 is 0 Å². The molecule has 21 heavy (non-hydrogen) atoms. The topological polar surface area (TPSA) is 107 Å². The van der Waals surface area contributed by atoms with E-state index in [1.807, 2.05) is 0 Å². The fourth-order valence-electron chi connectivity index (χ4n) is 0. The quantitative estimate of drug-likeness (QED) is 0.295. The molecule has 0 aromatic carbocycles. The van der Waals surface area contributed by atoms with Gasteiger partial charge in [-0.05, 0) is 41.7 Å². The zero-order valence-corrected chi connectivity index (χ0v) is 16.3. The number of hydrogen-bond donors (Lipinski definition) is 0. The molecule has 0 aliphatic rings. The van der Waals surface area contributed by atoms with E-state index in [2.05, 4.69) is 49.6 Å². The molecule has 0 bridgehead atoms. The van der Waals surface area contributed by atoms with Crippen molar-refractivity contribution in [2.45, 2.75) is 13.8 Å². The highest BCUT2D eigenvalue weighted by Crippen LogP contribution is 1.77. The van der Waals surface area contributed by atoms with Crippen LogP contribution in [0.1, 0.15) is 13.8 Å². The van der Waals surface area contributed by atoms with Gasteiger partial charge in [-0.3, -0.25) is 4.18 Å². The van der Waals surface area contributed by atoms with Crippen LogP contribution in [0.15, 0.2) is 12.7 Å². The summed E-state index contributed by atoms with van der Waals surface area (Å²) in [7, 11) is -2.25. The lowest BCUT2D eigenvalue weighted by Gasteiger charge is -1.98. The highest BCUT2D eigenvalue weighted by molar-refractivity contribution is 7.95. The molecule has 0 N–H and O–H groups in total. The number of carboxylic acids is 1. The average Bonchev–Trinajstić information content (AvgIpc) is 2.39. The normalized spacial score (nSPS) is 9.43. The van der Waals surface area contributed by atoms with Gasteiger partial charge in [0.2, 0.25) is 10.4 Å². The molecule has 0 aliphatic carbocycles. The first-order valence-corrected chi connectivity index (χ1v) is 11.6. The van der Waals surface area contributed by atoms with Gasteiger partial charge in [-0.25, -0.2) is 8.42 Å². The molecule has 0 heterocycles. The van der Waals surface area contributed by atoms with Gasteiger partial charge in [-0.2, -0.15) is 0 Å². The lowest BCUT2D eigenvalue weighted by atomic mass is 10.7. The molecule has 0 spiro atoms. The van der Waals surface area contributed by atoms with E-state index in [1.165, 1.54) is 11.5 Å². The van der Waals surface area contributed by atoms with Crippen LogP contribution in [0.25, 0.3) is 0 Å². The van der Waals surface area contributed by atoms with Crippen molar-refractivity contribution in [3.05, 3.63) is 12.7 Å². The number of carbonyl (C=O) groups is 1. The minimum atomic E-state index is -4.41. The zero-order chi connectivity index (χ0) is 18.1. The van der Waals surface area contributed by atoms with Crippen LogP contribution in [0, 0.1) is 0 Å². The van der Waals surface area contributed by atoms with E-state index in [1.54, 1.807) is 0 Å². The van der Waals surface area contributed by atoms with Crippen LogP contribution in [0.3, 0.4) is 0 Å². The van der Waals surface area contributed by atoms with Crippen molar-refractivity contribution in [1.29, 1.82) is 0 Å². The molecule has 0 rings (SSSR count). The van der Waals surface area contributed by atoms with E-state index in [-0.39, 0.29) is 0 Å². The molecule has 0 fully saturated rings. The molecule has 0 unspecified atom stereocenters. The largest absolute Gasteiger partial charge is 0.726 e. The van der Waals surface area contributed by atoms with Gasteiger partial charge in [-0.1, -0.05) is 6.58 Å². The fourth-order valence-corrected chi connectivity index (χ4v) is 0. The second-order valence-electron chi connectivity index (χ2n) is 3.65. The third kappa shape index (κ3) is 81.1. The lowest BCUT2D eigenvalue weighted by Crippen LogP contribution is -2.17. The fraction of sp³-hybridized carbons (Fsp3) is 0.750. The van der Waals surface area contributed by atoms with Crippen LogP contribution in [0.5, 0.6) is 0 Å². The Bertz CT molecular complexity index is 318. The van der Waals surface area contributed by atoms with Crippen LogP contribution in [-0.2, 0) is 41.2 Å².